The topological polar surface area (TPSA) is 104 Å². The minimum Gasteiger partial charge on any atom is -0.497 e. The molecule has 43 heavy (non-hydrogen) atoms. The number of nitrogens with one attached hydrogen (secondary N) is 1. The number of carbonyl (C=O) groups is 1. The Morgan fingerprint density at radius 1 is 1.07 bits per heavy atom. The Hall–Kier alpha value is -3.87. The van der Waals surface area contributed by atoms with Crippen molar-refractivity contribution in [2.45, 2.75) is 58.1 Å². The average molecular weight is 631 g/mol. The molecule has 9 nitrogen and oxygen atoms in total. The molecule has 2 aromatic carbocycles. The summed E-state index contributed by atoms with van der Waals surface area (Å²) in [5.41, 5.74) is 3.99. The van der Waals surface area contributed by atoms with Gasteiger partial charge in [0.2, 0.25) is 4.96 Å². The molecule has 1 aliphatic rings. The minimum absolute atomic E-state index is 0.00106. The molecule has 0 unspecified atom stereocenters. The fourth-order valence-electron chi connectivity index (χ4n) is 5.57. The lowest BCUT2D eigenvalue weighted by molar-refractivity contribution is 0.0897. The highest BCUT2D eigenvalue weighted by Crippen LogP contribution is 2.39. The first-order chi connectivity index (χ1) is 20.9. The SMILES string of the molecule is CCC1(NC(=O)c2ccc(-c3nc(COc4cc(OC)cc5nc(-c6cn7nc(C)sc7n6)sc45)cs3)cc2)CCCC1. The predicted octanol–water partition coefficient (Wildman–Crippen LogP) is 7.54. The van der Waals surface area contributed by atoms with E-state index in [-0.39, 0.29) is 11.4 Å². The molecule has 1 amide bonds. The van der Waals surface area contributed by atoms with Crippen LogP contribution in [0.1, 0.15) is 60.1 Å². The van der Waals surface area contributed by atoms with Gasteiger partial charge in [-0.2, -0.15) is 5.10 Å². The zero-order valence-electron chi connectivity index (χ0n) is 24.0. The fourth-order valence-corrected chi connectivity index (χ4v) is 8.07. The molecule has 1 fully saturated rings. The second kappa shape index (κ2) is 11.3. The number of ether oxygens (including phenoxy) is 2. The zero-order chi connectivity index (χ0) is 29.6. The second-order valence-electron chi connectivity index (χ2n) is 10.8. The molecule has 4 heterocycles. The Morgan fingerprint density at radius 2 is 1.88 bits per heavy atom. The van der Waals surface area contributed by atoms with Gasteiger partial charge in [0.25, 0.3) is 5.91 Å². The number of rotatable bonds is 9. The summed E-state index contributed by atoms with van der Waals surface area (Å²) in [5, 5.41) is 12.4. The van der Waals surface area contributed by atoms with E-state index in [9.17, 15) is 4.79 Å². The van der Waals surface area contributed by atoms with Crippen molar-refractivity contribution < 1.29 is 14.3 Å². The number of benzene rings is 2. The van der Waals surface area contributed by atoms with Crippen molar-refractivity contribution in [2.75, 3.05) is 7.11 Å². The summed E-state index contributed by atoms with van der Waals surface area (Å²) in [6.45, 7) is 4.42. The molecule has 0 spiro atoms. The molecule has 220 valence electrons. The molecule has 7 rings (SSSR count). The van der Waals surface area contributed by atoms with Gasteiger partial charge < -0.3 is 14.8 Å². The molecule has 1 saturated carbocycles. The van der Waals surface area contributed by atoms with E-state index in [1.165, 1.54) is 24.2 Å². The molecule has 1 aliphatic carbocycles. The standard InChI is InChI=1S/C31H30N6O3S3/c1-4-31(11-5-6-12-31)35-27(38)19-7-9-20(10-8-19)28-32-21(17-41-28)16-40-25-14-22(39-3)13-23-26(25)43-29(33-23)24-15-37-30(34-24)42-18(2)36-37/h7-10,13-15,17H,4-6,11-12,16H2,1-3H3,(H,35,38). The predicted molar refractivity (Wildman–Crippen MR) is 172 cm³/mol. The van der Waals surface area contributed by atoms with Crippen molar-refractivity contribution in [3.05, 3.63) is 64.2 Å². The molecule has 4 aromatic heterocycles. The fraction of sp³-hybridized carbons (Fsp3) is 0.323. The van der Waals surface area contributed by atoms with Crippen LogP contribution in [0.25, 0.3) is 36.5 Å². The van der Waals surface area contributed by atoms with Crippen LogP contribution in [0.2, 0.25) is 0 Å². The van der Waals surface area contributed by atoms with E-state index >= 15 is 0 Å². The molecule has 0 radical (unpaired) electrons. The van der Waals surface area contributed by atoms with Gasteiger partial charge in [-0.05, 0) is 38.3 Å². The van der Waals surface area contributed by atoms with Crippen LogP contribution in [0, 0.1) is 6.92 Å². The molecule has 12 heteroatoms. The van der Waals surface area contributed by atoms with E-state index in [2.05, 4.69) is 17.3 Å². The third-order valence-corrected chi connectivity index (χ3v) is 10.9. The molecule has 1 N–H and O–H groups in total. The number of nitrogens with zero attached hydrogens (tertiary/aromatic N) is 5. The van der Waals surface area contributed by atoms with Crippen LogP contribution in [0.4, 0.5) is 0 Å². The van der Waals surface area contributed by atoms with Gasteiger partial charge in [-0.25, -0.2) is 19.5 Å². The number of amides is 1. The highest BCUT2D eigenvalue weighted by atomic mass is 32.1. The van der Waals surface area contributed by atoms with Crippen molar-refractivity contribution in [3.8, 4) is 32.8 Å². The Kier molecular flexibility index (Phi) is 7.36. The van der Waals surface area contributed by atoms with Crippen LogP contribution < -0.4 is 14.8 Å². The van der Waals surface area contributed by atoms with Gasteiger partial charge in [-0.15, -0.1) is 22.7 Å². The first-order valence-corrected chi connectivity index (χ1v) is 16.8. The quantitative estimate of drug-likeness (QED) is 0.176. The summed E-state index contributed by atoms with van der Waals surface area (Å²) >= 11 is 4.63. The number of imidazole rings is 1. The number of methoxy groups -OCH3 is 1. The van der Waals surface area contributed by atoms with E-state index in [4.69, 9.17) is 24.4 Å². The first kappa shape index (κ1) is 27.9. The maximum Gasteiger partial charge on any atom is 0.251 e. The van der Waals surface area contributed by atoms with Crippen molar-refractivity contribution in [2.24, 2.45) is 0 Å². The molecule has 0 aliphatic heterocycles. The maximum atomic E-state index is 12.9. The van der Waals surface area contributed by atoms with Crippen molar-refractivity contribution in [3.63, 3.8) is 0 Å². The molecule has 6 aromatic rings. The van der Waals surface area contributed by atoms with E-state index in [1.54, 1.807) is 34.3 Å². The van der Waals surface area contributed by atoms with E-state index in [1.807, 2.05) is 54.9 Å². The van der Waals surface area contributed by atoms with Crippen LogP contribution >= 0.6 is 34.0 Å². The average Bonchev–Trinajstić information content (AvgIpc) is 3.84. The highest BCUT2D eigenvalue weighted by molar-refractivity contribution is 7.22. The number of fused-ring (bicyclic) bond motifs is 2. The normalized spacial score (nSPS) is 14.5. The third-order valence-electron chi connectivity index (χ3n) is 7.97. The Balaban J connectivity index is 1.06. The van der Waals surface area contributed by atoms with E-state index in [0.717, 1.165) is 66.4 Å². The van der Waals surface area contributed by atoms with E-state index < -0.39 is 0 Å². The number of hydrogen-bond acceptors (Lipinski definition) is 10. The number of carbonyl (C=O) groups excluding carboxylic acids is 1. The lowest BCUT2D eigenvalue weighted by Gasteiger charge is -2.29. The minimum atomic E-state index is -0.0537. The van der Waals surface area contributed by atoms with Gasteiger partial charge in [-0.3, -0.25) is 4.79 Å². The Morgan fingerprint density at radius 3 is 2.63 bits per heavy atom. The Bertz CT molecular complexity index is 1900. The van der Waals surface area contributed by atoms with Gasteiger partial charge in [0, 0.05) is 34.2 Å². The number of aromatic nitrogens is 5. The van der Waals surface area contributed by atoms with Crippen LogP contribution in [-0.2, 0) is 6.61 Å². The molecule has 0 saturated heterocycles. The Labute approximate surface area is 260 Å². The molecular weight excluding hydrogens is 601 g/mol. The van der Waals surface area contributed by atoms with E-state index in [0.29, 0.717) is 23.7 Å². The number of hydrogen-bond donors (Lipinski definition) is 1. The summed E-state index contributed by atoms with van der Waals surface area (Å²) in [4.78, 5) is 28.1. The summed E-state index contributed by atoms with van der Waals surface area (Å²) < 4.78 is 14.5. The monoisotopic (exact) mass is 630 g/mol. The van der Waals surface area contributed by atoms with Gasteiger partial charge in [-0.1, -0.05) is 43.2 Å². The molecular formula is C31H30N6O3S3. The van der Waals surface area contributed by atoms with Gasteiger partial charge in [0.1, 0.15) is 38.8 Å². The van der Waals surface area contributed by atoms with Gasteiger partial charge in [0.05, 0.1) is 29.2 Å². The zero-order valence-corrected chi connectivity index (χ0v) is 26.5. The second-order valence-corrected chi connectivity index (χ2v) is 13.8. The maximum absolute atomic E-state index is 12.9. The largest absolute Gasteiger partial charge is 0.497 e. The summed E-state index contributed by atoms with van der Waals surface area (Å²) in [7, 11) is 1.63. The van der Waals surface area contributed by atoms with Gasteiger partial charge >= 0.3 is 0 Å². The number of aryl methyl sites for hydroxylation is 1. The lowest BCUT2D eigenvalue weighted by atomic mass is 9.93. The number of thiazole rings is 2. The summed E-state index contributed by atoms with van der Waals surface area (Å²) in [6, 6.07) is 11.5. The van der Waals surface area contributed by atoms with Crippen LogP contribution in [-0.4, -0.2) is 43.1 Å². The smallest absolute Gasteiger partial charge is 0.251 e. The summed E-state index contributed by atoms with van der Waals surface area (Å²) in [6.07, 6.45) is 7.35. The lowest BCUT2D eigenvalue weighted by Crippen LogP contribution is -2.45. The highest BCUT2D eigenvalue weighted by Gasteiger charge is 2.33. The molecule has 0 bridgehead atoms. The van der Waals surface area contributed by atoms with Crippen LogP contribution in [0.15, 0.2) is 48.0 Å². The van der Waals surface area contributed by atoms with Crippen LogP contribution in [0.5, 0.6) is 11.5 Å². The first-order valence-electron chi connectivity index (χ1n) is 14.2. The van der Waals surface area contributed by atoms with Crippen molar-refractivity contribution in [1.29, 1.82) is 0 Å². The van der Waals surface area contributed by atoms with Crippen molar-refractivity contribution in [1.82, 2.24) is 29.9 Å². The van der Waals surface area contributed by atoms with Crippen molar-refractivity contribution >= 4 is 55.1 Å². The van der Waals surface area contributed by atoms with Gasteiger partial charge in [0.15, 0.2) is 0 Å². The third kappa shape index (κ3) is 5.50. The van der Waals surface area contributed by atoms with Crippen LogP contribution in [0.3, 0.4) is 0 Å². The summed E-state index contributed by atoms with van der Waals surface area (Å²) in [5.74, 6) is 1.35. The molecule has 0 atom stereocenters.